The number of piperazine rings is 1. The van der Waals surface area contributed by atoms with Gasteiger partial charge in [0.15, 0.2) is 5.96 Å². The van der Waals surface area contributed by atoms with Crippen molar-refractivity contribution in [2.75, 3.05) is 59.4 Å². The van der Waals surface area contributed by atoms with Gasteiger partial charge in [0.2, 0.25) is 0 Å². The van der Waals surface area contributed by atoms with Crippen molar-refractivity contribution in [2.24, 2.45) is 10.9 Å². The van der Waals surface area contributed by atoms with Crippen LogP contribution in [0.2, 0.25) is 0 Å². The molecule has 5 nitrogen and oxygen atoms in total. The number of nitrogens with one attached hydrogen (secondary N) is 2. The van der Waals surface area contributed by atoms with Crippen LogP contribution in [0.15, 0.2) is 22.5 Å². The number of likely N-dealkylation sites (N-methyl/N-ethyl adjacent to an activating group) is 1. The standard InChI is InChI=1S/C20H37N5S/c1-6-24-9-11-25(12-10-24)15-17(2)14-22-19(21-5)23-16-20(3,4)18-8-7-13-26-18/h7-8,13,17H,6,9-12,14-16H2,1-5H3,(H2,21,22,23). The minimum absolute atomic E-state index is 0.107. The Morgan fingerprint density at radius 3 is 2.50 bits per heavy atom. The van der Waals surface area contributed by atoms with Crippen molar-refractivity contribution >= 4 is 17.3 Å². The maximum atomic E-state index is 4.39. The van der Waals surface area contributed by atoms with Crippen molar-refractivity contribution in [1.29, 1.82) is 0 Å². The van der Waals surface area contributed by atoms with Crippen LogP contribution in [0.25, 0.3) is 0 Å². The van der Waals surface area contributed by atoms with Gasteiger partial charge >= 0.3 is 0 Å². The molecule has 1 unspecified atom stereocenters. The molecule has 0 saturated carbocycles. The van der Waals surface area contributed by atoms with Crippen LogP contribution in [-0.2, 0) is 5.41 Å². The quantitative estimate of drug-likeness (QED) is 0.538. The largest absolute Gasteiger partial charge is 0.356 e. The molecule has 6 heteroatoms. The van der Waals surface area contributed by atoms with Crippen molar-refractivity contribution in [3.63, 3.8) is 0 Å². The van der Waals surface area contributed by atoms with Crippen molar-refractivity contribution in [3.05, 3.63) is 22.4 Å². The SMILES string of the molecule is CCN1CCN(CC(C)CNC(=NC)NCC(C)(C)c2cccs2)CC1. The minimum atomic E-state index is 0.107. The van der Waals surface area contributed by atoms with E-state index in [9.17, 15) is 0 Å². The number of aliphatic imine (C=N–C) groups is 1. The predicted molar refractivity (Wildman–Crippen MR) is 114 cm³/mol. The van der Waals surface area contributed by atoms with Gasteiger partial charge in [0.1, 0.15) is 0 Å². The maximum Gasteiger partial charge on any atom is 0.191 e. The summed E-state index contributed by atoms with van der Waals surface area (Å²) in [4.78, 5) is 10.9. The van der Waals surface area contributed by atoms with E-state index < -0.39 is 0 Å². The van der Waals surface area contributed by atoms with Crippen LogP contribution in [0.5, 0.6) is 0 Å². The van der Waals surface area contributed by atoms with Gasteiger partial charge in [-0.05, 0) is 23.9 Å². The van der Waals surface area contributed by atoms with Gasteiger partial charge in [-0.15, -0.1) is 11.3 Å². The molecular weight excluding hydrogens is 342 g/mol. The molecule has 1 saturated heterocycles. The zero-order valence-electron chi connectivity index (χ0n) is 17.2. The summed E-state index contributed by atoms with van der Waals surface area (Å²) >= 11 is 1.82. The first-order chi connectivity index (χ1) is 12.4. The third kappa shape index (κ3) is 6.56. The number of hydrogen-bond donors (Lipinski definition) is 2. The topological polar surface area (TPSA) is 42.9 Å². The Kier molecular flexibility index (Phi) is 8.38. The molecule has 1 aromatic heterocycles. The zero-order chi connectivity index (χ0) is 19.0. The Hall–Kier alpha value is -1.11. The first kappa shape index (κ1) is 21.2. The Balaban J connectivity index is 1.69. The second kappa shape index (κ2) is 10.3. The van der Waals surface area contributed by atoms with Crippen molar-refractivity contribution in [3.8, 4) is 0 Å². The third-order valence-corrected chi connectivity index (χ3v) is 6.45. The molecule has 0 spiro atoms. The molecule has 1 atom stereocenters. The summed E-state index contributed by atoms with van der Waals surface area (Å²) in [5, 5.41) is 9.14. The maximum absolute atomic E-state index is 4.39. The van der Waals surface area contributed by atoms with E-state index in [0.29, 0.717) is 5.92 Å². The van der Waals surface area contributed by atoms with E-state index in [2.05, 4.69) is 70.6 Å². The van der Waals surface area contributed by atoms with Gasteiger partial charge in [-0.3, -0.25) is 4.99 Å². The Morgan fingerprint density at radius 1 is 1.23 bits per heavy atom. The molecule has 148 valence electrons. The average molecular weight is 380 g/mol. The van der Waals surface area contributed by atoms with Crippen LogP contribution in [-0.4, -0.2) is 75.2 Å². The molecule has 1 aliphatic heterocycles. The van der Waals surface area contributed by atoms with Crippen molar-refractivity contribution in [2.45, 2.75) is 33.1 Å². The lowest BCUT2D eigenvalue weighted by Gasteiger charge is -2.35. The highest BCUT2D eigenvalue weighted by atomic mass is 32.1. The number of thiophene rings is 1. The molecular formula is C20H37N5S. The molecule has 0 bridgehead atoms. The Labute approximate surface area is 163 Å². The molecule has 2 rings (SSSR count). The highest BCUT2D eigenvalue weighted by Gasteiger charge is 2.22. The van der Waals surface area contributed by atoms with Gasteiger partial charge in [0, 0.05) is 63.2 Å². The first-order valence-electron chi connectivity index (χ1n) is 9.87. The third-order valence-electron chi connectivity index (χ3n) is 5.21. The lowest BCUT2D eigenvalue weighted by atomic mass is 9.91. The van der Waals surface area contributed by atoms with E-state index in [-0.39, 0.29) is 5.41 Å². The van der Waals surface area contributed by atoms with Gasteiger partial charge in [-0.2, -0.15) is 0 Å². The molecule has 0 aliphatic carbocycles. The number of hydrogen-bond acceptors (Lipinski definition) is 4. The van der Waals surface area contributed by atoms with Crippen LogP contribution in [0.4, 0.5) is 0 Å². The summed E-state index contributed by atoms with van der Waals surface area (Å²) < 4.78 is 0. The van der Waals surface area contributed by atoms with Crippen LogP contribution in [0.1, 0.15) is 32.6 Å². The van der Waals surface area contributed by atoms with Gasteiger partial charge in [-0.25, -0.2) is 0 Å². The molecule has 2 N–H and O–H groups in total. The normalized spacial score (nSPS) is 18.7. The van der Waals surface area contributed by atoms with Crippen LogP contribution >= 0.6 is 11.3 Å². The second-order valence-electron chi connectivity index (χ2n) is 8.01. The summed E-state index contributed by atoms with van der Waals surface area (Å²) in [5.74, 6) is 1.50. The Bertz CT molecular complexity index is 532. The minimum Gasteiger partial charge on any atom is -0.356 e. The number of nitrogens with zero attached hydrogens (tertiary/aromatic N) is 3. The van der Waals surface area contributed by atoms with Gasteiger partial charge in [0.25, 0.3) is 0 Å². The van der Waals surface area contributed by atoms with Crippen LogP contribution in [0.3, 0.4) is 0 Å². The molecule has 1 fully saturated rings. The van der Waals surface area contributed by atoms with E-state index in [4.69, 9.17) is 0 Å². The fourth-order valence-electron chi connectivity index (χ4n) is 3.34. The van der Waals surface area contributed by atoms with Gasteiger partial charge in [0.05, 0.1) is 0 Å². The molecule has 26 heavy (non-hydrogen) atoms. The highest BCUT2D eigenvalue weighted by Crippen LogP contribution is 2.26. The summed E-state index contributed by atoms with van der Waals surface area (Å²) in [5.41, 5.74) is 0.107. The number of rotatable bonds is 8. The summed E-state index contributed by atoms with van der Waals surface area (Å²) in [6.45, 7) is 18.1. The predicted octanol–water partition coefficient (Wildman–Crippen LogP) is 2.46. The fraction of sp³-hybridized carbons (Fsp3) is 0.750. The van der Waals surface area contributed by atoms with E-state index in [1.54, 1.807) is 0 Å². The molecule has 0 amide bonds. The van der Waals surface area contributed by atoms with Gasteiger partial charge in [-0.1, -0.05) is 33.8 Å². The molecule has 1 aliphatic rings. The molecule has 0 aromatic carbocycles. The van der Waals surface area contributed by atoms with Crippen molar-refractivity contribution < 1.29 is 0 Å². The number of guanidine groups is 1. The monoisotopic (exact) mass is 379 g/mol. The lowest BCUT2D eigenvalue weighted by Crippen LogP contribution is -2.49. The first-order valence-corrected chi connectivity index (χ1v) is 10.8. The lowest BCUT2D eigenvalue weighted by molar-refractivity contribution is 0.124. The van der Waals surface area contributed by atoms with E-state index in [0.717, 1.165) is 25.6 Å². The van der Waals surface area contributed by atoms with Crippen molar-refractivity contribution in [1.82, 2.24) is 20.4 Å². The molecule has 2 heterocycles. The smallest absolute Gasteiger partial charge is 0.191 e. The van der Waals surface area contributed by atoms with E-state index in [1.807, 2.05) is 18.4 Å². The van der Waals surface area contributed by atoms with Gasteiger partial charge < -0.3 is 20.4 Å². The second-order valence-corrected chi connectivity index (χ2v) is 8.96. The summed E-state index contributed by atoms with van der Waals surface area (Å²) in [6.07, 6.45) is 0. The molecule has 0 radical (unpaired) electrons. The van der Waals surface area contributed by atoms with Crippen LogP contribution < -0.4 is 10.6 Å². The van der Waals surface area contributed by atoms with E-state index >= 15 is 0 Å². The molecule has 1 aromatic rings. The van der Waals surface area contributed by atoms with E-state index in [1.165, 1.54) is 37.6 Å². The zero-order valence-corrected chi connectivity index (χ0v) is 18.0. The average Bonchev–Trinajstić information content (AvgIpc) is 3.18. The highest BCUT2D eigenvalue weighted by molar-refractivity contribution is 7.10. The fourth-order valence-corrected chi connectivity index (χ4v) is 4.19. The van der Waals surface area contributed by atoms with Crippen LogP contribution in [0, 0.1) is 5.92 Å². The Morgan fingerprint density at radius 2 is 1.92 bits per heavy atom. The summed E-state index contributed by atoms with van der Waals surface area (Å²) in [6, 6.07) is 4.33. The summed E-state index contributed by atoms with van der Waals surface area (Å²) in [7, 11) is 1.85.